The van der Waals surface area contributed by atoms with Gasteiger partial charge in [0.2, 0.25) is 5.91 Å². The molecule has 2 fully saturated rings. The van der Waals surface area contributed by atoms with Crippen LogP contribution in [-0.2, 0) is 4.79 Å². The van der Waals surface area contributed by atoms with Crippen LogP contribution in [0.4, 0.5) is 0 Å². The van der Waals surface area contributed by atoms with E-state index in [1.807, 2.05) is 22.4 Å². The zero-order chi connectivity index (χ0) is 18.4. The molecule has 2 saturated heterocycles. The number of nitrogens with zero attached hydrogens (tertiary/aromatic N) is 2. The lowest BCUT2D eigenvalue weighted by Crippen LogP contribution is -2.45. The number of hydrogen-bond acceptors (Lipinski definition) is 4. The van der Waals surface area contributed by atoms with Crippen molar-refractivity contribution in [3.05, 3.63) is 22.4 Å². The highest BCUT2D eigenvalue weighted by Crippen LogP contribution is 2.21. The molecule has 2 aliphatic heterocycles. The summed E-state index contributed by atoms with van der Waals surface area (Å²) < 4.78 is 0. The van der Waals surface area contributed by atoms with E-state index in [2.05, 4.69) is 17.1 Å². The highest BCUT2D eigenvalue weighted by Gasteiger charge is 2.29. The molecule has 5 nitrogen and oxygen atoms in total. The average molecular weight is 378 g/mol. The molecule has 3 rings (SSSR count). The Balaban J connectivity index is 1.37. The Morgan fingerprint density at radius 3 is 2.77 bits per heavy atom. The topological polar surface area (TPSA) is 52.7 Å². The van der Waals surface area contributed by atoms with Crippen molar-refractivity contribution >= 4 is 23.2 Å². The third kappa shape index (κ3) is 5.30. The van der Waals surface area contributed by atoms with Gasteiger partial charge in [-0.2, -0.15) is 0 Å². The van der Waals surface area contributed by atoms with Crippen molar-refractivity contribution < 1.29 is 9.59 Å². The summed E-state index contributed by atoms with van der Waals surface area (Å²) in [7, 11) is 0. The lowest BCUT2D eigenvalue weighted by atomic mass is 9.97. The van der Waals surface area contributed by atoms with Gasteiger partial charge in [-0.1, -0.05) is 13.0 Å². The van der Waals surface area contributed by atoms with Gasteiger partial charge in [0.05, 0.1) is 10.8 Å². The Bertz CT molecular complexity index is 582. The van der Waals surface area contributed by atoms with Gasteiger partial charge in [0.25, 0.3) is 5.91 Å². The third-order valence-electron chi connectivity index (χ3n) is 5.64. The van der Waals surface area contributed by atoms with Crippen molar-refractivity contribution in [2.75, 3.05) is 39.3 Å². The lowest BCUT2D eigenvalue weighted by molar-refractivity contribution is -0.126. The van der Waals surface area contributed by atoms with Crippen LogP contribution >= 0.6 is 11.3 Å². The summed E-state index contributed by atoms with van der Waals surface area (Å²) in [5.74, 6) is 0.971. The summed E-state index contributed by atoms with van der Waals surface area (Å²) in [5, 5.41) is 5.02. The number of piperidine rings is 2. The molecule has 0 saturated carbocycles. The van der Waals surface area contributed by atoms with Crippen LogP contribution in [0.15, 0.2) is 17.5 Å². The van der Waals surface area contributed by atoms with Crippen molar-refractivity contribution in [3.63, 3.8) is 0 Å². The zero-order valence-electron chi connectivity index (χ0n) is 15.8. The number of rotatable bonds is 6. The molecule has 1 aromatic rings. The van der Waals surface area contributed by atoms with E-state index in [0.29, 0.717) is 6.54 Å². The fourth-order valence-electron chi connectivity index (χ4n) is 3.88. The van der Waals surface area contributed by atoms with E-state index in [4.69, 9.17) is 0 Å². The molecular weight excluding hydrogens is 346 g/mol. The van der Waals surface area contributed by atoms with E-state index < -0.39 is 0 Å². The molecule has 26 heavy (non-hydrogen) atoms. The van der Waals surface area contributed by atoms with Gasteiger partial charge in [-0.15, -0.1) is 11.3 Å². The predicted molar refractivity (Wildman–Crippen MR) is 105 cm³/mol. The Hall–Kier alpha value is -1.40. The largest absolute Gasteiger partial charge is 0.356 e. The summed E-state index contributed by atoms with van der Waals surface area (Å²) in [5.41, 5.74) is 0. The molecule has 0 radical (unpaired) electrons. The highest BCUT2D eigenvalue weighted by atomic mass is 32.1. The second-order valence-corrected chi connectivity index (χ2v) is 8.68. The minimum Gasteiger partial charge on any atom is -0.356 e. The van der Waals surface area contributed by atoms with E-state index in [0.717, 1.165) is 49.7 Å². The van der Waals surface area contributed by atoms with Crippen LogP contribution in [0.1, 0.15) is 48.7 Å². The van der Waals surface area contributed by atoms with Crippen molar-refractivity contribution in [3.8, 4) is 0 Å². The Kier molecular flexibility index (Phi) is 7.08. The molecular formula is C20H31N3O2S. The van der Waals surface area contributed by atoms with Gasteiger partial charge < -0.3 is 15.1 Å². The van der Waals surface area contributed by atoms with Crippen LogP contribution in [0, 0.1) is 11.8 Å². The summed E-state index contributed by atoms with van der Waals surface area (Å²) in [6.45, 7) is 7.82. The molecule has 0 aliphatic carbocycles. The summed E-state index contributed by atoms with van der Waals surface area (Å²) >= 11 is 1.47. The second-order valence-electron chi connectivity index (χ2n) is 7.74. The lowest BCUT2D eigenvalue weighted by Gasteiger charge is -2.32. The first kappa shape index (κ1) is 19.4. The quantitative estimate of drug-likeness (QED) is 0.776. The highest BCUT2D eigenvalue weighted by molar-refractivity contribution is 7.12. The first-order valence-electron chi connectivity index (χ1n) is 9.96. The minimum atomic E-state index is -0.0662. The van der Waals surface area contributed by atoms with Gasteiger partial charge in [0.15, 0.2) is 0 Å². The van der Waals surface area contributed by atoms with Crippen LogP contribution in [0.2, 0.25) is 0 Å². The minimum absolute atomic E-state index is 0.0662. The third-order valence-corrected chi connectivity index (χ3v) is 6.50. The van der Waals surface area contributed by atoms with Gasteiger partial charge in [-0.05, 0) is 69.1 Å². The second kappa shape index (κ2) is 9.51. The first-order valence-corrected chi connectivity index (χ1v) is 10.8. The molecule has 2 amide bonds. The number of hydrogen-bond donors (Lipinski definition) is 1. The molecule has 0 bridgehead atoms. The van der Waals surface area contributed by atoms with E-state index in [-0.39, 0.29) is 17.7 Å². The SMILES string of the molecule is CC1CCN(CCCNC(=O)C2CCCN(C(=O)c3cccs3)C2)CC1. The molecule has 144 valence electrons. The molecule has 1 aromatic heterocycles. The van der Waals surface area contributed by atoms with Crippen molar-refractivity contribution in [2.24, 2.45) is 11.8 Å². The van der Waals surface area contributed by atoms with E-state index in [9.17, 15) is 9.59 Å². The zero-order valence-corrected chi connectivity index (χ0v) is 16.6. The Morgan fingerprint density at radius 1 is 1.23 bits per heavy atom. The van der Waals surface area contributed by atoms with E-state index in [1.165, 1.54) is 37.3 Å². The fourth-order valence-corrected chi connectivity index (χ4v) is 4.57. The first-order chi connectivity index (χ1) is 12.6. The molecule has 1 N–H and O–H groups in total. The standard InChI is InChI=1S/C20H31N3O2S/c1-16-7-12-22(13-8-16)10-4-9-21-19(24)17-5-2-11-23(15-17)20(25)18-6-3-14-26-18/h3,6,14,16-17H,2,4-5,7-13,15H2,1H3,(H,21,24). The summed E-state index contributed by atoms with van der Waals surface area (Å²) in [4.78, 5) is 30.1. The van der Waals surface area contributed by atoms with Gasteiger partial charge in [0.1, 0.15) is 0 Å². The van der Waals surface area contributed by atoms with Crippen molar-refractivity contribution in [2.45, 2.75) is 39.0 Å². The normalized spacial score (nSPS) is 22.3. The van der Waals surface area contributed by atoms with Crippen LogP contribution in [0.3, 0.4) is 0 Å². The van der Waals surface area contributed by atoms with Crippen molar-refractivity contribution in [1.29, 1.82) is 0 Å². The monoisotopic (exact) mass is 377 g/mol. The van der Waals surface area contributed by atoms with Crippen LogP contribution in [0.25, 0.3) is 0 Å². The molecule has 3 heterocycles. The Morgan fingerprint density at radius 2 is 2.04 bits per heavy atom. The average Bonchev–Trinajstić information content (AvgIpc) is 3.21. The van der Waals surface area contributed by atoms with Crippen LogP contribution in [-0.4, -0.2) is 60.9 Å². The van der Waals surface area contributed by atoms with Gasteiger partial charge in [0, 0.05) is 19.6 Å². The Labute approximate surface area is 160 Å². The summed E-state index contributed by atoms with van der Waals surface area (Å²) in [6.07, 6.45) is 5.38. The molecule has 6 heteroatoms. The number of carbonyl (C=O) groups is 2. The maximum atomic E-state index is 12.5. The van der Waals surface area contributed by atoms with Gasteiger partial charge in [-0.25, -0.2) is 0 Å². The van der Waals surface area contributed by atoms with Gasteiger partial charge >= 0.3 is 0 Å². The van der Waals surface area contributed by atoms with E-state index >= 15 is 0 Å². The fraction of sp³-hybridized carbons (Fsp3) is 0.700. The summed E-state index contributed by atoms with van der Waals surface area (Å²) in [6, 6.07) is 3.76. The molecule has 2 aliphatic rings. The molecule has 1 atom stereocenters. The molecule has 0 spiro atoms. The van der Waals surface area contributed by atoms with Crippen LogP contribution < -0.4 is 5.32 Å². The van der Waals surface area contributed by atoms with Crippen molar-refractivity contribution in [1.82, 2.24) is 15.1 Å². The molecule has 0 aromatic carbocycles. The van der Waals surface area contributed by atoms with E-state index in [1.54, 1.807) is 0 Å². The number of likely N-dealkylation sites (tertiary alicyclic amines) is 2. The number of amides is 2. The predicted octanol–water partition coefficient (Wildman–Crippen LogP) is 2.84. The van der Waals surface area contributed by atoms with Crippen LogP contribution in [0.5, 0.6) is 0 Å². The maximum Gasteiger partial charge on any atom is 0.263 e. The maximum absolute atomic E-state index is 12.5. The number of carbonyl (C=O) groups excluding carboxylic acids is 2. The smallest absolute Gasteiger partial charge is 0.263 e. The number of nitrogens with one attached hydrogen (secondary N) is 1. The molecule has 1 unspecified atom stereocenters. The number of thiophene rings is 1. The van der Waals surface area contributed by atoms with Gasteiger partial charge in [-0.3, -0.25) is 9.59 Å².